The summed E-state index contributed by atoms with van der Waals surface area (Å²) in [5.41, 5.74) is 0.264. The van der Waals surface area contributed by atoms with E-state index >= 15 is 0 Å². The molecule has 0 aromatic rings. The van der Waals surface area contributed by atoms with Crippen molar-refractivity contribution in [1.29, 1.82) is 0 Å². The SMILES string of the molecule is CC(CNC(=O)C1CC2CCC1N2)C(C)(C)C. The predicted octanol–water partition coefficient (Wildman–Crippen LogP) is 1.93. The van der Waals surface area contributed by atoms with Crippen LogP contribution in [0.15, 0.2) is 0 Å². The highest BCUT2D eigenvalue weighted by molar-refractivity contribution is 5.80. The molecule has 2 aliphatic heterocycles. The van der Waals surface area contributed by atoms with Gasteiger partial charge in [0.2, 0.25) is 5.91 Å². The van der Waals surface area contributed by atoms with E-state index in [2.05, 4.69) is 38.3 Å². The fourth-order valence-electron chi connectivity index (χ4n) is 2.80. The van der Waals surface area contributed by atoms with Crippen LogP contribution in [0.2, 0.25) is 0 Å². The van der Waals surface area contributed by atoms with Crippen LogP contribution in [0.3, 0.4) is 0 Å². The van der Waals surface area contributed by atoms with Crippen molar-refractivity contribution in [3.05, 3.63) is 0 Å². The second kappa shape index (κ2) is 4.60. The Kier molecular flexibility index (Phi) is 3.48. The van der Waals surface area contributed by atoms with Gasteiger partial charge in [0, 0.05) is 18.6 Å². The lowest BCUT2D eigenvalue weighted by Gasteiger charge is -2.28. The van der Waals surface area contributed by atoms with E-state index in [4.69, 9.17) is 0 Å². The number of nitrogens with one attached hydrogen (secondary N) is 2. The van der Waals surface area contributed by atoms with Crippen molar-refractivity contribution in [3.63, 3.8) is 0 Å². The number of hydrogen-bond acceptors (Lipinski definition) is 2. The van der Waals surface area contributed by atoms with Crippen LogP contribution in [0.1, 0.15) is 47.0 Å². The van der Waals surface area contributed by atoms with Crippen LogP contribution in [-0.4, -0.2) is 24.5 Å². The van der Waals surface area contributed by atoms with Gasteiger partial charge in [-0.2, -0.15) is 0 Å². The zero-order valence-corrected chi connectivity index (χ0v) is 11.5. The largest absolute Gasteiger partial charge is 0.356 e. The van der Waals surface area contributed by atoms with E-state index in [0.29, 0.717) is 18.0 Å². The maximum absolute atomic E-state index is 12.1. The minimum Gasteiger partial charge on any atom is -0.356 e. The number of rotatable bonds is 3. The molecule has 2 rings (SSSR count). The number of carbonyl (C=O) groups is 1. The smallest absolute Gasteiger partial charge is 0.224 e. The molecule has 0 aliphatic carbocycles. The molecule has 17 heavy (non-hydrogen) atoms. The molecule has 2 aliphatic rings. The average Bonchev–Trinajstić information content (AvgIpc) is 2.85. The molecule has 2 saturated heterocycles. The minimum atomic E-state index is 0.223. The molecule has 0 aromatic carbocycles. The molecule has 0 aromatic heterocycles. The highest BCUT2D eigenvalue weighted by Gasteiger charge is 2.42. The number of carbonyl (C=O) groups excluding carboxylic acids is 1. The molecule has 0 saturated carbocycles. The van der Waals surface area contributed by atoms with Crippen LogP contribution in [0, 0.1) is 17.3 Å². The first-order valence-corrected chi connectivity index (χ1v) is 6.91. The molecular weight excluding hydrogens is 212 g/mol. The second-order valence-corrected chi connectivity index (χ2v) is 6.90. The van der Waals surface area contributed by atoms with Crippen LogP contribution < -0.4 is 10.6 Å². The summed E-state index contributed by atoms with van der Waals surface area (Å²) in [5.74, 6) is 1.000. The van der Waals surface area contributed by atoms with Gasteiger partial charge in [-0.3, -0.25) is 4.79 Å². The summed E-state index contributed by atoms with van der Waals surface area (Å²) >= 11 is 0. The van der Waals surface area contributed by atoms with E-state index in [1.54, 1.807) is 0 Å². The van der Waals surface area contributed by atoms with Gasteiger partial charge in [0.1, 0.15) is 0 Å². The van der Waals surface area contributed by atoms with Crippen LogP contribution in [0.4, 0.5) is 0 Å². The van der Waals surface area contributed by atoms with E-state index in [-0.39, 0.29) is 17.2 Å². The molecule has 3 heteroatoms. The van der Waals surface area contributed by atoms with Crippen molar-refractivity contribution in [2.75, 3.05) is 6.54 Å². The predicted molar refractivity (Wildman–Crippen MR) is 69.7 cm³/mol. The standard InChI is InChI=1S/C14H26N2O/c1-9(14(2,3)4)8-15-13(17)11-7-10-5-6-12(11)16-10/h9-12,16H,5-8H2,1-4H3,(H,15,17). The molecule has 3 nitrogen and oxygen atoms in total. The number of hydrogen-bond donors (Lipinski definition) is 2. The van der Waals surface area contributed by atoms with E-state index in [1.807, 2.05) is 0 Å². The molecule has 4 unspecified atom stereocenters. The lowest BCUT2D eigenvalue weighted by molar-refractivity contribution is -0.125. The van der Waals surface area contributed by atoms with Gasteiger partial charge in [-0.15, -0.1) is 0 Å². The molecular formula is C14H26N2O. The quantitative estimate of drug-likeness (QED) is 0.789. The Morgan fingerprint density at radius 3 is 2.59 bits per heavy atom. The first-order chi connectivity index (χ1) is 7.88. The zero-order valence-electron chi connectivity index (χ0n) is 11.5. The van der Waals surface area contributed by atoms with Crippen molar-refractivity contribution in [2.24, 2.45) is 17.3 Å². The average molecular weight is 238 g/mol. The van der Waals surface area contributed by atoms with Gasteiger partial charge < -0.3 is 10.6 Å². The van der Waals surface area contributed by atoms with Crippen molar-refractivity contribution in [2.45, 2.75) is 59.0 Å². The lowest BCUT2D eigenvalue weighted by atomic mass is 9.82. The van der Waals surface area contributed by atoms with Gasteiger partial charge in [-0.25, -0.2) is 0 Å². The Morgan fingerprint density at radius 1 is 1.41 bits per heavy atom. The van der Waals surface area contributed by atoms with Crippen LogP contribution in [0.25, 0.3) is 0 Å². The molecule has 0 radical (unpaired) electrons. The fourth-order valence-corrected chi connectivity index (χ4v) is 2.80. The normalized spacial score (nSPS) is 33.8. The van der Waals surface area contributed by atoms with E-state index < -0.39 is 0 Å². The monoisotopic (exact) mass is 238 g/mol. The lowest BCUT2D eigenvalue weighted by Crippen LogP contribution is -2.41. The van der Waals surface area contributed by atoms with E-state index in [1.165, 1.54) is 12.8 Å². The first-order valence-electron chi connectivity index (χ1n) is 6.91. The molecule has 2 fully saturated rings. The van der Waals surface area contributed by atoms with Gasteiger partial charge in [-0.05, 0) is 30.6 Å². The van der Waals surface area contributed by atoms with Crippen LogP contribution in [-0.2, 0) is 4.79 Å². The number of fused-ring (bicyclic) bond motifs is 2. The Hall–Kier alpha value is -0.570. The van der Waals surface area contributed by atoms with Gasteiger partial charge in [0.25, 0.3) is 0 Å². The summed E-state index contributed by atoms with van der Waals surface area (Å²) in [5, 5.41) is 6.65. The Balaban J connectivity index is 1.78. The Bertz CT molecular complexity index is 295. The molecule has 0 spiro atoms. The van der Waals surface area contributed by atoms with Crippen molar-refractivity contribution >= 4 is 5.91 Å². The maximum Gasteiger partial charge on any atom is 0.224 e. The maximum atomic E-state index is 12.1. The minimum absolute atomic E-state index is 0.223. The summed E-state index contributed by atoms with van der Waals surface area (Å²) in [7, 11) is 0. The topological polar surface area (TPSA) is 41.1 Å². The van der Waals surface area contributed by atoms with Gasteiger partial charge in [-0.1, -0.05) is 27.7 Å². The Morgan fingerprint density at radius 2 is 2.12 bits per heavy atom. The highest BCUT2D eigenvalue weighted by Crippen LogP contribution is 2.33. The molecule has 2 N–H and O–H groups in total. The molecule has 4 atom stereocenters. The zero-order chi connectivity index (χ0) is 12.6. The third kappa shape index (κ3) is 2.82. The number of amides is 1. The van der Waals surface area contributed by atoms with Crippen molar-refractivity contribution in [1.82, 2.24) is 10.6 Å². The van der Waals surface area contributed by atoms with Crippen LogP contribution in [0.5, 0.6) is 0 Å². The van der Waals surface area contributed by atoms with Crippen molar-refractivity contribution in [3.8, 4) is 0 Å². The third-order valence-corrected chi connectivity index (χ3v) is 4.70. The van der Waals surface area contributed by atoms with Crippen molar-refractivity contribution < 1.29 is 4.79 Å². The summed E-state index contributed by atoms with van der Waals surface area (Å²) in [6.45, 7) is 9.68. The molecule has 1 amide bonds. The molecule has 2 heterocycles. The van der Waals surface area contributed by atoms with Gasteiger partial charge in [0.05, 0.1) is 5.92 Å². The molecule has 98 valence electrons. The Labute approximate surface area is 105 Å². The van der Waals surface area contributed by atoms with Crippen LogP contribution >= 0.6 is 0 Å². The van der Waals surface area contributed by atoms with E-state index in [0.717, 1.165) is 13.0 Å². The summed E-state index contributed by atoms with van der Waals surface area (Å²) < 4.78 is 0. The highest BCUT2D eigenvalue weighted by atomic mass is 16.1. The third-order valence-electron chi connectivity index (χ3n) is 4.70. The summed E-state index contributed by atoms with van der Waals surface area (Å²) in [4.78, 5) is 12.1. The fraction of sp³-hybridized carbons (Fsp3) is 0.929. The summed E-state index contributed by atoms with van der Waals surface area (Å²) in [6, 6.07) is 1.06. The van der Waals surface area contributed by atoms with E-state index in [9.17, 15) is 4.79 Å². The first kappa shape index (κ1) is 12.9. The summed E-state index contributed by atoms with van der Waals surface area (Å²) in [6.07, 6.45) is 3.48. The molecule has 2 bridgehead atoms. The second-order valence-electron chi connectivity index (χ2n) is 6.90. The van der Waals surface area contributed by atoms with Gasteiger partial charge in [0.15, 0.2) is 0 Å². The van der Waals surface area contributed by atoms with Gasteiger partial charge >= 0.3 is 0 Å².